The highest BCUT2D eigenvalue weighted by atomic mass is 16.5. The SMILES string of the molecule is CCCNC(Cc1cc(C)ccc1OC)c1ccc(C)o1. The number of furan rings is 1. The van der Waals surface area contributed by atoms with E-state index in [1.165, 1.54) is 11.1 Å². The lowest BCUT2D eigenvalue weighted by atomic mass is 10.0. The summed E-state index contributed by atoms with van der Waals surface area (Å²) in [5, 5.41) is 3.57. The van der Waals surface area contributed by atoms with Gasteiger partial charge in [-0.15, -0.1) is 0 Å². The summed E-state index contributed by atoms with van der Waals surface area (Å²) >= 11 is 0. The summed E-state index contributed by atoms with van der Waals surface area (Å²) in [5.74, 6) is 2.88. The van der Waals surface area contributed by atoms with Crippen molar-refractivity contribution in [3.05, 3.63) is 53.0 Å². The molecule has 0 saturated carbocycles. The van der Waals surface area contributed by atoms with E-state index in [-0.39, 0.29) is 6.04 Å². The van der Waals surface area contributed by atoms with Crippen LogP contribution in [0.1, 0.15) is 42.0 Å². The van der Waals surface area contributed by atoms with E-state index in [1.807, 2.05) is 19.1 Å². The van der Waals surface area contributed by atoms with Gasteiger partial charge in [0.1, 0.15) is 17.3 Å². The van der Waals surface area contributed by atoms with Crippen LogP contribution >= 0.6 is 0 Å². The Labute approximate surface area is 127 Å². The van der Waals surface area contributed by atoms with Gasteiger partial charge in [0.05, 0.1) is 13.2 Å². The molecule has 1 atom stereocenters. The van der Waals surface area contributed by atoms with Crippen molar-refractivity contribution in [3.63, 3.8) is 0 Å². The number of benzene rings is 1. The van der Waals surface area contributed by atoms with Crippen molar-refractivity contribution in [1.29, 1.82) is 0 Å². The highest BCUT2D eigenvalue weighted by molar-refractivity contribution is 5.38. The second kappa shape index (κ2) is 7.32. The maximum Gasteiger partial charge on any atom is 0.122 e. The molecule has 0 spiro atoms. The molecule has 21 heavy (non-hydrogen) atoms. The minimum absolute atomic E-state index is 0.175. The van der Waals surface area contributed by atoms with E-state index in [2.05, 4.69) is 37.4 Å². The lowest BCUT2D eigenvalue weighted by molar-refractivity contribution is 0.383. The standard InChI is InChI=1S/C18H25NO2/c1-5-10-19-16(18-9-7-14(3)21-18)12-15-11-13(2)6-8-17(15)20-4/h6-9,11,16,19H,5,10,12H2,1-4H3. The molecule has 3 heteroatoms. The summed E-state index contributed by atoms with van der Waals surface area (Å²) in [6.07, 6.45) is 1.96. The third-order valence-corrected chi connectivity index (χ3v) is 3.61. The predicted molar refractivity (Wildman–Crippen MR) is 85.9 cm³/mol. The van der Waals surface area contributed by atoms with Crippen LogP contribution in [-0.2, 0) is 6.42 Å². The van der Waals surface area contributed by atoms with E-state index < -0.39 is 0 Å². The quantitative estimate of drug-likeness (QED) is 0.829. The average Bonchev–Trinajstić information content (AvgIpc) is 2.90. The minimum atomic E-state index is 0.175. The third-order valence-electron chi connectivity index (χ3n) is 3.61. The van der Waals surface area contributed by atoms with Crippen LogP contribution in [0.25, 0.3) is 0 Å². The van der Waals surface area contributed by atoms with Gasteiger partial charge < -0.3 is 14.5 Å². The lowest BCUT2D eigenvalue weighted by Gasteiger charge is -2.18. The smallest absolute Gasteiger partial charge is 0.122 e. The number of hydrogen-bond donors (Lipinski definition) is 1. The second-order valence-corrected chi connectivity index (χ2v) is 5.47. The van der Waals surface area contributed by atoms with Crippen LogP contribution in [0.3, 0.4) is 0 Å². The number of aryl methyl sites for hydroxylation is 2. The highest BCUT2D eigenvalue weighted by Crippen LogP contribution is 2.27. The summed E-state index contributed by atoms with van der Waals surface area (Å²) < 4.78 is 11.3. The Morgan fingerprint density at radius 2 is 2.00 bits per heavy atom. The number of hydrogen-bond acceptors (Lipinski definition) is 3. The maximum atomic E-state index is 5.82. The zero-order valence-corrected chi connectivity index (χ0v) is 13.4. The summed E-state index contributed by atoms with van der Waals surface area (Å²) in [5.41, 5.74) is 2.45. The monoisotopic (exact) mass is 287 g/mol. The fraction of sp³-hybridized carbons (Fsp3) is 0.444. The van der Waals surface area contributed by atoms with Crippen LogP contribution in [0.5, 0.6) is 5.75 Å². The zero-order valence-electron chi connectivity index (χ0n) is 13.4. The molecular formula is C18H25NO2. The van der Waals surface area contributed by atoms with E-state index in [9.17, 15) is 0 Å². The molecule has 0 bridgehead atoms. The molecule has 1 aromatic heterocycles. The van der Waals surface area contributed by atoms with Crippen LogP contribution in [0, 0.1) is 13.8 Å². The second-order valence-electron chi connectivity index (χ2n) is 5.47. The van der Waals surface area contributed by atoms with Crippen molar-refractivity contribution < 1.29 is 9.15 Å². The van der Waals surface area contributed by atoms with Crippen LogP contribution in [0.4, 0.5) is 0 Å². The van der Waals surface area contributed by atoms with Gasteiger partial charge in [0.2, 0.25) is 0 Å². The Morgan fingerprint density at radius 1 is 1.19 bits per heavy atom. The fourth-order valence-corrected chi connectivity index (χ4v) is 2.52. The maximum absolute atomic E-state index is 5.82. The molecule has 0 aliphatic heterocycles. The molecule has 0 amide bonds. The normalized spacial score (nSPS) is 12.4. The van der Waals surface area contributed by atoms with Gasteiger partial charge in [-0.05, 0) is 57.0 Å². The van der Waals surface area contributed by atoms with E-state index in [0.717, 1.165) is 36.7 Å². The Hall–Kier alpha value is -1.74. The van der Waals surface area contributed by atoms with Crippen LogP contribution in [0.2, 0.25) is 0 Å². The molecule has 114 valence electrons. The molecular weight excluding hydrogens is 262 g/mol. The molecule has 0 aliphatic carbocycles. The van der Waals surface area contributed by atoms with Crippen molar-refractivity contribution in [2.45, 2.75) is 39.7 Å². The van der Waals surface area contributed by atoms with Crippen molar-refractivity contribution in [2.75, 3.05) is 13.7 Å². The predicted octanol–water partition coefficient (Wildman–Crippen LogP) is 4.19. The Bertz CT molecular complexity index is 574. The summed E-state index contributed by atoms with van der Waals surface area (Å²) in [4.78, 5) is 0. The van der Waals surface area contributed by atoms with E-state index in [0.29, 0.717) is 0 Å². The Balaban J connectivity index is 2.24. The van der Waals surface area contributed by atoms with Crippen molar-refractivity contribution in [3.8, 4) is 5.75 Å². The summed E-state index contributed by atoms with van der Waals surface area (Å²) in [7, 11) is 1.72. The van der Waals surface area contributed by atoms with Gasteiger partial charge >= 0.3 is 0 Å². The summed E-state index contributed by atoms with van der Waals surface area (Å²) in [6.45, 7) is 7.23. The first-order valence-electron chi connectivity index (χ1n) is 7.57. The first kappa shape index (κ1) is 15.6. The molecule has 1 N–H and O–H groups in total. The molecule has 0 saturated heterocycles. The lowest BCUT2D eigenvalue weighted by Crippen LogP contribution is -2.24. The molecule has 1 aromatic carbocycles. The Morgan fingerprint density at radius 3 is 2.62 bits per heavy atom. The minimum Gasteiger partial charge on any atom is -0.496 e. The third kappa shape index (κ3) is 4.11. The fourth-order valence-electron chi connectivity index (χ4n) is 2.52. The molecule has 2 rings (SSSR count). The first-order valence-corrected chi connectivity index (χ1v) is 7.57. The number of rotatable bonds is 7. The summed E-state index contributed by atoms with van der Waals surface area (Å²) in [6, 6.07) is 10.6. The van der Waals surface area contributed by atoms with Crippen molar-refractivity contribution in [1.82, 2.24) is 5.32 Å². The van der Waals surface area contributed by atoms with Gasteiger partial charge in [0, 0.05) is 0 Å². The van der Waals surface area contributed by atoms with Gasteiger partial charge in [-0.2, -0.15) is 0 Å². The first-order chi connectivity index (χ1) is 10.1. The van der Waals surface area contributed by atoms with Crippen molar-refractivity contribution in [2.24, 2.45) is 0 Å². The van der Waals surface area contributed by atoms with Crippen LogP contribution < -0.4 is 10.1 Å². The number of methoxy groups -OCH3 is 1. The average molecular weight is 287 g/mol. The van der Waals surface area contributed by atoms with Gasteiger partial charge in [-0.3, -0.25) is 0 Å². The molecule has 1 heterocycles. The van der Waals surface area contributed by atoms with Crippen molar-refractivity contribution >= 4 is 0 Å². The molecule has 1 unspecified atom stereocenters. The highest BCUT2D eigenvalue weighted by Gasteiger charge is 2.17. The van der Waals surface area contributed by atoms with Gasteiger partial charge in [0.25, 0.3) is 0 Å². The van der Waals surface area contributed by atoms with Crippen LogP contribution in [0.15, 0.2) is 34.7 Å². The topological polar surface area (TPSA) is 34.4 Å². The van der Waals surface area contributed by atoms with Gasteiger partial charge in [-0.1, -0.05) is 24.6 Å². The Kier molecular flexibility index (Phi) is 5.45. The number of nitrogens with one attached hydrogen (secondary N) is 1. The zero-order chi connectivity index (χ0) is 15.2. The van der Waals surface area contributed by atoms with Crippen LogP contribution in [-0.4, -0.2) is 13.7 Å². The van der Waals surface area contributed by atoms with E-state index in [4.69, 9.17) is 9.15 Å². The molecule has 2 aromatic rings. The number of ether oxygens (including phenoxy) is 1. The molecule has 0 aliphatic rings. The van der Waals surface area contributed by atoms with E-state index >= 15 is 0 Å². The molecule has 3 nitrogen and oxygen atoms in total. The molecule has 0 radical (unpaired) electrons. The van der Waals surface area contributed by atoms with Gasteiger partial charge in [-0.25, -0.2) is 0 Å². The van der Waals surface area contributed by atoms with Gasteiger partial charge in [0.15, 0.2) is 0 Å². The largest absolute Gasteiger partial charge is 0.496 e. The molecule has 0 fully saturated rings. The van der Waals surface area contributed by atoms with E-state index in [1.54, 1.807) is 7.11 Å².